The van der Waals surface area contributed by atoms with Gasteiger partial charge in [0.2, 0.25) is 0 Å². The second-order valence-corrected chi connectivity index (χ2v) is 13.0. The molecule has 2 aromatic heterocycles. The van der Waals surface area contributed by atoms with Gasteiger partial charge in [-0.1, -0.05) is 18.1 Å². The second kappa shape index (κ2) is 9.55. The number of anilines is 1. The highest BCUT2D eigenvalue weighted by molar-refractivity contribution is 7.18. The van der Waals surface area contributed by atoms with Crippen LogP contribution >= 0.6 is 11.3 Å². The molecule has 4 atom stereocenters. The molecule has 7 nitrogen and oxygen atoms in total. The molecule has 0 aliphatic carbocycles. The van der Waals surface area contributed by atoms with Gasteiger partial charge in [0.25, 0.3) is 0 Å². The molecule has 0 saturated carbocycles. The molecule has 2 bridgehead atoms. The predicted octanol–water partition coefficient (Wildman–Crippen LogP) is 5.09. The van der Waals surface area contributed by atoms with Gasteiger partial charge in [0.15, 0.2) is 5.82 Å². The molecule has 210 valence electrons. The zero-order valence-corrected chi connectivity index (χ0v) is 23.6. The SMILES string of the molecule is C#Cc1cccc2cc(O)cc(-c3csc4c(N5CC6CCC(C5)N6)nc(OC[C@@]56CCCN5C[C@H](F)C6)nc34)c12. The lowest BCUT2D eigenvalue weighted by Gasteiger charge is -2.34. The summed E-state index contributed by atoms with van der Waals surface area (Å²) in [7, 11) is 0. The number of phenolic OH excluding ortho intramolecular Hbond substituents is 1. The highest BCUT2D eigenvalue weighted by atomic mass is 32.1. The number of hydrogen-bond acceptors (Lipinski definition) is 8. The van der Waals surface area contributed by atoms with Gasteiger partial charge in [0, 0.05) is 60.0 Å². The maximum Gasteiger partial charge on any atom is 0.319 e. The van der Waals surface area contributed by atoms with Crippen LogP contribution in [0, 0.1) is 12.3 Å². The van der Waals surface area contributed by atoms with E-state index >= 15 is 0 Å². The number of rotatable bonds is 5. The van der Waals surface area contributed by atoms with Gasteiger partial charge in [0.1, 0.15) is 18.5 Å². The molecular formula is C32H32FN5O2S. The van der Waals surface area contributed by atoms with E-state index in [0.29, 0.717) is 37.7 Å². The van der Waals surface area contributed by atoms with Crippen LogP contribution in [0.25, 0.3) is 32.1 Å². The molecule has 9 heteroatoms. The molecule has 4 aliphatic heterocycles. The zero-order chi connectivity index (χ0) is 27.7. The van der Waals surface area contributed by atoms with E-state index in [1.807, 2.05) is 18.2 Å². The average molecular weight is 570 g/mol. The van der Waals surface area contributed by atoms with Crippen LogP contribution in [0.2, 0.25) is 0 Å². The Labute approximate surface area is 242 Å². The number of aromatic nitrogens is 2. The summed E-state index contributed by atoms with van der Waals surface area (Å²) in [6, 6.07) is 10.5. The van der Waals surface area contributed by atoms with Gasteiger partial charge in [0.05, 0.1) is 15.8 Å². The Kier molecular flexibility index (Phi) is 5.89. The van der Waals surface area contributed by atoms with E-state index in [2.05, 4.69) is 26.4 Å². The molecule has 0 radical (unpaired) electrons. The maximum atomic E-state index is 14.5. The second-order valence-electron chi connectivity index (χ2n) is 12.1. The Morgan fingerprint density at radius 2 is 2.02 bits per heavy atom. The van der Waals surface area contributed by atoms with Gasteiger partial charge in [-0.3, -0.25) is 4.90 Å². The van der Waals surface area contributed by atoms with Crippen molar-refractivity contribution < 1.29 is 14.2 Å². The first-order chi connectivity index (χ1) is 20.0. The van der Waals surface area contributed by atoms with E-state index in [4.69, 9.17) is 21.1 Å². The summed E-state index contributed by atoms with van der Waals surface area (Å²) in [6.45, 7) is 3.53. The van der Waals surface area contributed by atoms with E-state index < -0.39 is 6.17 Å². The van der Waals surface area contributed by atoms with Gasteiger partial charge in [-0.25, -0.2) is 4.39 Å². The number of hydrogen-bond donors (Lipinski definition) is 2. The maximum absolute atomic E-state index is 14.5. The predicted molar refractivity (Wildman–Crippen MR) is 161 cm³/mol. The lowest BCUT2D eigenvalue weighted by atomic mass is 9.95. The molecule has 4 saturated heterocycles. The molecule has 8 rings (SSSR count). The molecule has 41 heavy (non-hydrogen) atoms. The van der Waals surface area contributed by atoms with Crippen molar-refractivity contribution in [3.05, 3.63) is 41.3 Å². The number of alkyl halides is 1. The number of ether oxygens (including phenoxy) is 1. The van der Waals surface area contributed by atoms with E-state index in [1.165, 1.54) is 12.8 Å². The normalized spacial score (nSPS) is 27.5. The van der Waals surface area contributed by atoms with Gasteiger partial charge in [-0.05, 0) is 61.4 Å². The molecule has 2 N–H and O–H groups in total. The van der Waals surface area contributed by atoms with Crippen LogP contribution in [0.5, 0.6) is 11.8 Å². The van der Waals surface area contributed by atoms with Crippen LogP contribution in [0.3, 0.4) is 0 Å². The van der Waals surface area contributed by atoms with E-state index in [-0.39, 0.29) is 11.3 Å². The summed E-state index contributed by atoms with van der Waals surface area (Å²) >= 11 is 1.61. The standard InChI is InChI=1S/C32H32FN5O2S/c1-2-19-5-3-6-20-11-24(39)12-25(27(19)20)26-17-41-29-28(26)35-31(36-30(29)37-15-22-7-8-23(16-37)34-22)40-18-32-9-4-10-38(32)14-21(33)13-32/h1,3,5-6,11-12,17,21-23,34,39H,4,7-10,13-16,18H2/t21-,22?,23?,32+/m1/s1. The summed E-state index contributed by atoms with van der Waals surface area (Å²) in [6.07, 6.45) is 9.92. The van der Waals surface area contributed by atoms with Gasteiger partial charge < -0.3 is 20.1 Å². The number of terminal acetylenes is 1. The third-order valence-electron chi connectivity index (χ3n) is 9.53. The summed E-state index contributed by atoms with van der Waals surface area (Å²) in [4.78, 5) is 14.6. The molecule has 4 aliphatic rings. The Morgan fingerprint density at radius 1 is 1.17 bits per heavy atom. The largest absolute Gasteiger partial charge is 0.508 e. The monoisotopic (exact) mass is 569 g/mol. The number of nitrogens with zero attached hydrogens (tertiary/aromatic N) is 4. The van der Waals surface area contributed by atoms with Crippen LogP contribution in [0.1, 0.15) is 37.7 Å². The summed E-state index contributed by atoms with van der Waals surface area (Å²) in [5.74, 6) is 3.88. The lowest BCUT2D eigenvalue weighted by Crippen LogP contribution is -2.51. The third-order valence-corrected chi connectivity index (χ3v) is 10.5. The van der Waals surface area contributed by atoms with Crippen molar-refractivity contribution >= 4 is 38.1 Å². The zero-order valence-electron chi connectivity index (χ0n) is 22.8. The summed E-state index contributed by atoms with van der Waals surface area (Å²) in [5.41, 5.74) is 3.00. The van der Waals surface area contributed by atoms with Crippen molar-refractivity contribution in [2.75, 3.05) is 37.7 Å². The van der Waals surface area contributed by atoms with Crippen LogP contribution in [-0.2, 0) is 0 Å². The van der Waals surface area contributed by atoms with Crippen LogP contribution in [-0.4, -0.2) is 76.6 Å². The Morgan fingerprint density at radius 3 is 2.85 bits per heavy atom. The number of piperazine rings is 1. The summed E-state index contributed by atoms with van der Waals surface area (Å²) < 4.78 is 21.9. The number of fused-ring (bicyclic) bond motifs is 5. The van der Waals surface area contributed by atoms with E-state index in [0.717, 1.165) is 76.0 Å². The molecular weight excluding hydrogens is 537 g/mol. The quantitative estimate of drug-likeness (QED) is 0.324. The first-order valence-corrected chi connectivity index (χ1v) is 15.4. The average Bonchev–Trinajstić information content (AvgIpc) is 3.72. The number of nitrogens with one attached hydrogen (secondary N) is 1. The van der Waals surface area contributed by atoms with Crippen LogP contribution in [0.15, 0.2) is 35.7 Å². The van der Waals surface area contributed by atoms with Crippen LogP contribution < -0.4 is 15.0 Å². The minimum Gasteiger partial charge on any atom is -0.508 e. The topological polar surface area (TPSA) is 73.8 Å². The fraction of sp³-hybridized carbons (Fsp3) is 0.438. The van der Waals surface area contributed by atoms with Crippen molar-refractivity contribution in [3.63, 3.8) is 0 Å². The van der Waals surface area contributed by atoms with E-state index in [1.54, 1.807) is 23.5 Å². The van der Waals surface area contributed by atoms with Crippen molar-refractivity contribution in [1.29, 1.82) is 0 Å². The smallest absolute Gasteiger partial charge is 0.319 e. The number of benzene rings is 2. The third kappa shape index (κ3) is 4.15. The minimum absolute atomic E-state index is 0.174. The molecule has 4 fully saturated rings. The lowest BCUT2D eigenvalue weighted by molar-refractivity contribution is 0.107. The molecule has 4 aromatic rings. The number of phenols is 1. The molecule has 0 amide bonds. The Balaban J connectivity index is 1.27. The molecule has 2 aromatic carbocycles. The van der Waals surface area contributed by atoms with Crippen molar-refractivity contribution in [3.8, 4) is 35.2 Å². The van der Waals surface area contributed by atoms with Crippen molar-refractivity contribution in [1.82, 2.24) is 20.2 Å². The summed E-state index contributed by atoms with van der Waals surface area (Å²) in [5, 5.41) is 18.3. The Bertz CT molecular complexity index is 1710. The first-order valence-electron chi connectivity index (χ1n) is 14.5. The highest BCUT2D eigenvalue weighted by Crippen LogP contribution is 2.44. The fourth-order valence-corrected chi connectivity index (χ4v) is 8.74. The van der Waals surface area contributed by atoms with Gasteiger partial charge >= 0.3 is 6.01 Å². The number of thiophene rings is 1. The van der Waals surface area contributed by atoms with Crippen molar-refractivity contribution in [2.45, 2.75) is 55.9 Å². The number of aromatic hydroxyl groups is 1. The molecule has 6 heterocycles. The van der Waals surface area contributed by atoms with Gasteiger partial charge in [-0.2, -0.15) is 9.97 Å². The molecule has 2 unspecified atom stereocenters. The Hall–Kier alpha value is -3.45. The van der Waals surface area contributed by atoms with Crippen LogP contribution in [0.4, 0.5) is 10.2 Å². The van der Waals surface area contributed by atoms with E-state index in [9.17, 15) is 9.50 Å². The molecule has 0 spiro atoms. The highest BCUT2D eigenvalue weighted by Gasteiger charge is 2.49. The minimum atomic E-state index is -0.818. The first kappa shape index (κ1) is 25.3. The van der Waals surface area contributed by atoms with Gasteiger partial charge in [-0.15, -0.1) is 17.8 Å². The number of halogens is 1. The van der Waals surface area contributed by atoms with Crippen molar-refractivity contribution in [2.24, 2.45) is 0 Å². The fourth-order valence-electron chi connectivity index (χ4n) is 7.72.